The van der Waals surface area contributed by atoms with Gasteiger partial charge in [-0.05, 0) is 24.8 Å². The number of rotatable bonds is 8. The number of carbonyl (C=O) groups is 2. The lowest BCUT2D eigenvalue weighted by Gasteiger charge is -2.16. The van der Waals surface area contributed by atoms with E-state index in [9.17, 15) is 9.59 Å². The fourth-order valence-corrected chi connectivity index (χ4v) is 2.97. The maximum Gasteiger partial charge on any atom is 0.358 e. The van der Waals surface area contributed by atoms with Crippen LogP contribution in [0.3, 0.4) is 0 Å². The van der Waals surface area contributed by atoms with E-state index in [2.05, 4.69) is 22.4 Å². The first-order chi connectivity index (χ1) is 12.6. The molecule has 0 spiro atoms. The molecule has 8 heteroatoms. The minimum Gasteiger partial charge on any atom is -0.476 e. The molecule has 8 nitrogen and oxygen atoms in total. The molecule has 1 fully saturated rings. The zero-order valence-electron chi connectivity index (χ0n) is 14.5. The molecule has 0 aliphatic carbocycles. The lowest BCUT2D eigenvalue weighted by atomic mass is 10.1. The summed E-state index contributed by atoms with van der Waals surface area (Å²) in [6, 6.07) is 10.3. The van der Waals surface area contributed by atoms with E-state index in [1.165, 1.54) is 16.4 Å². The van der Waals surface area contributed by atoms with Gasteiger partial charge in [-0.2, -0.15) is 0 Å². The molecular formula is C18H22N4O4. The first kappa shape index (κ1) is 18.1. The standard InChI is InChI=1S/C18H22N4O4/c23-17(13-22-12-16(18(24)25)19-20-22)21-9-8-15(11-21)26-10-4-7-14-5-2-1-3-6-14/h1-3,5-6,12,15H,4,7-11,13H2,(H,24,25). The Labute approximate surface area is 151 Å². The van der Waals surface area contributed by atoms with Crippen molar-refractivity contribution in [2.75, 3.05) is 19.7 Å². The van der Waals surface area contributed by atoms with E-state index in [1.54, 1.807) is 4.90 Å². The molecule has 0 radical (unpaired) electrons. The number of aromatic carboxylic acids is 1. The Morgan fingerprint density at radius 3 is 2.81 bits per heavy atom. The number of aromatic nitrogens is 3. The molecule has 2 aromatic rings. The Kier molecular flexibility index (Phi) is 5.96. The lowest BCUT2D eigenvalue weighted by Crippen LogP contribution is -2.33. The van der Waals surface area contributed by atoms with Crippen LogP contribution in [0.4, 0.5) is 0 Å². The highest BCUT2D eigenvalue weighted by molar-refractivity contribution is 5.84. The summed E-state index contributed by atoms with van der Waals surface area (Å²) < 4.78 is 7.13. The summed E-state index contributed by atoms with van der Waals surface area (Å²) in [5.74, 6) is -1.27. The van der Waals surface area contributed by atoms with Crippen molar-refractivity contribution in [1.82, 2.24) is 19.9 Å². The summed E-state index contributed by atoms with van der Waals surface area (Å²) in [6.45, 7) is 1.86. The third-order valence-electron chi connectivity index (χ3n) is 4.36. The summed E-state index contributed by atoms with van der Waals surface area (Å²) in [5, 5.41) is 16.0. The number of benzene rings is 1. The van der Waals surface area contributed by atoms with Crippen molar-refractivity contribution in [3.8, 4) is 0 Å². The number of nitrogens with zero attached hydrogens (tertiary/aromatic N) is 4. The van der Waals surface area contributed by atoms with Crippen LogP contribution in [0.1, 0.15) is 28.9 Å². The zero-order valence-corrected chi connectivity index (χ0v) is 14.5. The third-order valence-corrected chi connectivity index (χ3v) is 4.36. The number of hydrogen-bond donors (Lipinski definition) is 1. The van der Waals surface area contributed by atoms with Gasteiger partial charge in [-0.1, -0.05) is 35.5 Å². The molecule has 1 saturated heterocycles. The summed E-state index contributed by atoms with van der Waals surface area (Å²) in [4.78, 5) is 24.8. The second-order valence-corrected chi connectivity index (χ2v) is 6.32. The highest BCUT2D eigenvalue weighted by atomic mass is 16.5. The molecule has 26 heavy (non-hydrogen) atoms. The van der Waals surface area contributed by atoms with Gasteiger partial charge in [0, 0.05) is 19.7 Å². The predicted molar refractivity (Wildman–Crippen MR) is 92.7 cm³/mol. The highest BCUT2D eigenvalue weighted by Crippen LogP contribution is 2.14. The molecule has 1 unspecified atom stereocenters. The van der Waals surface area contributed by atoms with Gasteiger partial charge >= 0.3 is 5.97 Å². The first-order valence-corrected chi connectivity index (χ1v) is 8.68. The molecule has 1 aliphatic heterocycles. The Morgan fingerprint density at radius 2 is 2.08 bits per heavy atom. The smallest absolute Gasteiger partial charge is 0.358 e. The topological polar surface area (TPSA) is 97.5 Å². The maximum absolute atomic E-state index is 12.3. The molecule has 2 heterocycles. The second-order valence-electron chi connectivity index (χ2n) is 6.32. The summed E-state index contributed by atoms with van der Waals surface area (Å²) >= 11 is 0. The largest absolute Gasteiger partial charge is 0.476 e. The van der Waals surface area contributed by atoms with Gasteiger partial charge in [0.05, 0.1) is 12.3 Å². The molecule has 0 saturated carbocycles. The Hall–Kier alpha value is -2.74. The van der Waals surface area contributed by atoms with Crippen molar-refractivity contribution in [2.24, 2.45) is 0 Å². The van der Waals surface area contributed by atoms with Crippen LogP contribution >= 0.6 is 0 Å². The highest BCUT2D eigenvalue weighted by Gasteiger charge is 2.27. The van der Waals surface area contributed by atoms with E-state index >= 15 is 0 Å². The van der Waals surface area contributed by atoms with Gasteiger partial charge < -0.3 is 14.7 Å². The molecule has 3 rings (SSSR count). The first-order valence-electron chi connectivity index (χ1n) is 8.68. The number of amides is 1. The van der Waals surface area contributed by atoms with Crippen molar-refractivity contribution < 1.29 is 19.4 Å². The normalized spacial score (nSPS) is 16.8. The van der Waals surface area contributed by atoms with Gasteiger partial charge in [0.25, 0.3) is 0 Å². The average Bonchev–Trinajstić information content (AvgIpc) is 3.29. The van der Waals surface area contributed by atoms with Crippen LogP contribution in [0, 0.1) is 0 Å². The number of aryl methyl sites for hydroxylation is 1. The van der Waals surface area contributed by atoms with Gasteiger partial charge in [0.1, 0.15) is 6.54 Å². The Morgan fingerprint density at radius 1 is 1.27 bits per heavy atom. The third kappa shape index (κ3) is 4.89. The summed E-state index contributed by atoms with van der Waals surface area (Å²) in [5.41, 5.74) is 1.13. The van der Waals surface area contributed by atoms with E-state index in [4.69, 9.17) is 9.84 Å². The predicted octanol–water partition coefficient (Wildman–Crippen LogP) is 1.23. The van der Waals surface area contributed by atoms with Crippen molar-refractivity contribution in [1.29, 1.82) is 0 Å². The van der Waals surface area contributed by atoms with E-state index in [0.717, 1.165) is 19.3 Å². The number of likely N-dealkylation sites (tertiary alicyclic amines) is 1. The molecule has 1 amide bonds. The van der Waals surface area contributed by atoms with Crippen LogP contribution in [-0.2, 0) is 22.5 Å². The number of carboxylic acid groups (broad SMARTS) is 1. The average molecular weight is 358 g/mol. The van der Waals surface area contributed by atoms with E-state index in [1.807, 2.05) is 18.2 Å². The molecule has 0 bridgehead atoms. The maximum atomic E-state index is 12.3. The Bertz CT molecular complexity index is 747. The second kappa shape index (κ2) is 8.57. The van der Waals surface area contributed by atoms with Gasteiger partial charge in [-0.3, -0.25) is 4.79 Å². The van der Waals surface area contributed by atoms with Crippen LogP contribution in [-0.4, -0.2) is 62.7 Å². The fourth-order valence-electron chi connectivity index (χ4n) is 2.97. The van der Waals surface area contributed by atoms with Crippen LogP contribution < -0.4 is 0 Å². The number of ether oxygens (including phenoxy) is 1. The number of carbonyl (C=O) groups excluding carboxylic acids is 1. The van der Waals surface area contributed by atoms with Crippen molar-refractivity contribution in [3.05, 3.63) is 47.8 Å². The molecule has 1 aromatic carbocycles. The van der Waals surface area contributed by atoms with Gasteiger partial charge in [0.15, 0.2) is 5.69 Å². The monoisotopic (exact) mass is 358 g/mol. The van der Waals surface area contributed by atoms with Gasteiger partial charge in [0.2, 0.25) is 5.91 Å². The molecule has 1 aromatic heterocycles. The zero-order chi connectivity index (χ0) is 18.4. The molecule has 138 valence electrons. The SMILES string of the molecule is O=C(O)c1cn(CC(=O)N2CCC(OCCCc3ccccc3)C2)nn1. The summed E-state index contributed by atoms with van der Waals surface area (Å²) in [7, 11) is 0. The van der Waals surface area contributed by atoms with Gasteiger partial charge in [-0.15, -0.1) is 5.10 Å². The summed E-state index contributed by atoms with van der Waals surface area (Å²) in [6.07, 6.45) is 4.06. The molecule has 1 aliphatic rings. The molecule has 1 atom stereocenters. The van der Waals surface area contributed by atoms with E-state index in [0.29, 0.717) is 19.7 Å². The Balaban J connectivity index is 1.37. The molecule has 1 N–H and O–H groups in total. The van der Waals surface area contributed by atoms with Crippen LogP contribution in [0.2, 0.25) is 0 Å². The van der Waals surface area contributed by atoms with Crippen LogP contribution in [0.15, 0.2) is 36.5 Å². The van der Waals surface area contributed by atoms with Crippen molar-refractivity contribution >= 4 is 11.9 Å². The van der Waals surface area contributed by atoms with Crippen LogP contribution in [0.5, 0.6) is 0 Å². The molecular weight excluding hydrogens is 336 g/mol. The van der Waals surface area contributed by atoms with Gasteiger partial charge in [-0.25, -0.2) is 9.48 Å². The number of hydrogen-bond acceptors (Lipinski definition) is 5. The van der Waals surface area contributed by atoms with Crippen LogP contribution in [0.25, 0.3) is 0 Å². The number of carboxylic acids is 1. The minimum atomic E-state index is -1.16. The van der Waals surface area contributed by atoms with Crippen molar-refractivity contribution in [3.63, 3.8) is 0 Å². The quantitative estimate of drug-likeness (QED) is 0.713. The van der Waals surface area contributed by atoms with Crippen molar-refractivity contribution in [2.45, 2.75) is 31.9 Å². The van der Waals surface area contributed by atoms with E-state index < -0.39 is 5.97 Å². The van der Waals surface area contributed by atoms with E-state index in [-0.39, 0.29) is 24.2 Å². The lowest BCUT2D eigenvalue weighted by molar-refractivity contribution is -0.131. The fraction of sp³-hybridized carbons (Fsp3) is 0.444. The minimum absolute atomic E-state index is 0.0129.